The second kappa shape index (κ2) is 4.12. The van der Waals surface area contributed by atoms with E-state index in [2.05, 4.69) is 5.10 Å². The Labute approximate surface area is 106 Å². The fourth-order valence-corrected chi connectivity index (χ4v) is 1.73. The van der Waals surface area contributed by atoms with Crippen LogP contribution >= 0.6 is 0 Å². The smallest absolute Gasteiger partial charge is 0.434 e. The van der Waals surface area contributed by atoms with Crippen LogP contribution in [-0.4, -0.2) is 28.0 Å². The molecular formula is C10H8N4O5. The SMILES string of the molecule is O=[N+]([O-])c1c[n+]([O-])n(-c2ccc3c(c2)OCCO3)n1. The highest BCUT2D eigenvalue weighted by Gasteiger charge is 2.20. The number of rotatable bonds is 2. The van der Waals surface area contributed by atoms with Crippen molar-refractivity contribution in [2.24, 2.45) is 0 Å². The van der Waals surface area contributed by atoms with E-state index in [-0.39, 0.29) is 4.85 Å². The first-order valence-electron chi connectivity index (χ1n) is 5.39. The van der Waals surface area contributed by atoms with Crippen LogP contribution in [-0.2, 0) is 0 Å². The molecule has 1 aliphatic rings. The van der Waals surface area contributed by atoms with Crippen LogP contribution in [0.3, 0.4) is 0 Å². The lowest BCUT2D eigenvalue weighted by molar-refractivity contribution is -0.689. The van der Waals surface area contributed by atoms with Crippen LogP contribution in [0.25, 0.3) is 5.69 Å². The van der Waals surface area contributed by atoms with Crippen molar-refractivity contribution in [1.29, 1.82) is 0 Å². The summed E-state index contributed by atoms with van der Waals surface area (Å²) in [7, 11) is 0. The van der Waals surface area contributed by atoms with Crippen molar-refractivity contribution >= 4 is 5.82 Å². The van der Waals surface area contributed by atoms with E-state index < -0.39 is 10.7 Å². The summed E-state index contributed by atoms with van der Waals surface area (Å²) in [5.41, 5.74) is 0.354. The van der Waals surface area contributed by atoms with E-state index in [0.29, 0.717) is 30.4 Å². The molecule has 19 heavy (non-hydrogen) atoms. The van der Waals surface area contributed by atoms with Gasteiger partial charge in [0.05, 0.1) is 0 Å². The number of aromatic nitrogens is 3. The van der Waals surface area contributed by atoms with Gasteiger partial charge in [0.25, 0.3) is 0 Å². The summed E-state index contributed by atoms with van der Waals surface area (Å²) in [5.74, 6) is 0.515. The molecular weight excluding hydrogens is 256 g/mol. The summed E-state index contributed by atoms with van der Waals surface area (Å²) in [4.78, 5) is 11.0. The summed E-state index contributed by atoms with van der Waals surface area (Å²) in [6.45, 7) is 0.869. The van der Waals surface area contributed by atoms with Crippen LogP contribution in [0.1, 0.15) is 0 Å². The number of benzene rings is 1. The Morgan fingerprint density at radius 2 is 2.05 bits per heavy atom. The normalized spacial score (nSPS) is 13.3. The predicted molar refractivity (Wildman–Crippen MR) is 60.2 cm³/mol. The monoisotopic (exact) mass is 264 g/mol. The molecule has 0 amide bonds. The van der Waals surface area contributed by atoms with Crippen molar-refractivity contribution in [3.05, 3.63) is 39.7 Å². The number of hydrogen-bond donors (Lipinski definition) is 0. The van der Waals surface area contributed by atoms with E-state index in [1.54, 1.807) is 18.2 Å². The van der Waals surface area contributed by atoms with Gasteiger partial charge in [-0.2, -0.15) is 0 Å². The molecule has 0 saturated carbocycles. The lowest BCUT2D eigenvalue weighted by atomic mass is 10.2. The van der Waals surface area contributed by atoms with E-state index >= 15 is 0 Å². The Kier molecular flexibility index (Phi) is 2.44. The van der Waals surface area contributed by atoms with Crippen molar-refractivity contribution < 1.29 is 19.2 Å². The molecule has 0 atom stereocenters. The van der Waals surface area contributed by atoms with Crippen LogP contribution in [0.5, 0.6) is 11.5 Å². The lowest BCUT2D eigenvalue weighted by Gasteiger charge is -2.18. The van der Waals surface area contributed by atoms with Crippen LogP contribution in [0.15, 0.2) is 24.4 Å². The highest BCUT2D eigenvalue weighted by atomic mass is 16.6. The Morgan fingerprint density at radius 1 is 1.32 bits per heavy atom. The Bertz CT molecular complexity index is 653. The molecule has 2 aromatic rings. The van der Waals surface area contributed by atoms with Crippen molar-refractivity contribution in [2.45, 2.75) is 0 Å². The molecule has 0 aliphatic carbocycles. The van der Waals surface area contributed by atoms with Crippen LogP contribution in [0, 0.1) is 15.3 Å². The molecule has 2 heterocycles. The van der Waals surface area contributed by atoms with E-state index in [4.69, 9.17) is 9.47 Å². The van der Waals surface area contributed by atoms with Crippen molar-refractivity contribution in [2.75, 3.05) is 13.2 Å². The Hall–Kier alpha value is -2.84. The van der Waals surface area contributed by atoms with Gasteiger partial charge in [0, 0.05) is 6.07 Å². The largest absolute Gasteiger partial charge is 0.692 e. The molecule has 0 bridgehead atoms. The maximum atomic E-state index is 11.6. The summed E-state index contributed by atoms with van der Waals surface area (Å²) in [5, 5.41) is 25.7. The number of ether oxygens (including phenoxy) is 2. The van der Waals surface area contributed by atoms with Gasteiger partial charge in [0.1, 0.15) is 24.0 Å². The lowest BCUT2D eigenvalue weighted by Crippen LogP contribution is -2.36. The number of nitro groups is 1. The second-order valence-corrected chi connectivity index (χ2v) is 3.76. The zero-order valence-corrected chi connectivity index (χ0v) is 9.55. The van der Waals surface area contributed by atoms with Gasteiger partial charge in [0.15, 0.2) is 11.5 Å². The van der Waals surface area contributed by atoms with Gasteiger partial charge in [-0.1, -0.05) is 0 Å². The van der Waals surface area contributed by atoms with E-state index in [9.17, 15) is 15.3 Å². The molecule has 0 spiro atoms. The summed E-state index contributed by atoms with van der Waals surface area (Å²) >= 11 is 0. The molecule has 0 unspecified atom stereocenters. The Morgan fingerprint density at radius 3 is 2.74 bits per heavy atom. The number of nitrogens with zero attached hydrogens (tertiary/aromatic N) is 4. The molecule has 1 aromatic carbocycles. The third-order valence-electron chi connectivity index (χ3n) is 2.55. The van der Waals surface area contributed by atoms with E-state index in [0.717, 1.165) is 11.0 Å². The maximum absolute atomic E-state index is 11.6. The molecule has 0 saturated heterocycles. The predicted octanol–water partition coefficient (Wildman–Crippen LogP) is 0.185. The van der Waals surface area contributed by atoms with E-state index in [1.807, 2.05) is 0 Å². The first-order chi connectivity index (χ1) is 9.15. The van der Waals surface area contributed by atoms with Crippen molar-refractivity contribution in [1.82, 2.24) is 9.90 Å². The van der Waals surface area contributed by atoms with Gasteiger partial charge in [-0.3, -0.25) is 0 Å². The summed E-state index contributed by atoms with van der Waals surface area (Å²) in [6, 6.07) is 4.73. The summed E-state index contributed by atoms with van der Waals surface area (Å²) < 4.78 is 10.7. The minimum Gasteiger partial charge on any atom is -0.692 e. The third-order valence-corrected chi connectivity index (χ3v) is 2.55. The van der Waals surface area contributed by atoms with Gasteiger partial charge in [-0.25, -0.2) is 0 Å². The van der Waals surface area contributed by atoms with Crippen LogP contribution in [0.4, 0.5) is 5.82 Å². The second-order valence-electron chi connectivity index (χ2n) is 3.76. The van der Waals surface area contributed by atoms with Crippen LogP contribution < -0.4 is 14.3 Å². The van der Waals surface area contributed by atoms with Crippen molar-refractivity contribution in [3.63, 3.8) is 0 Å². The first-order valence-corrected chi connectivity index (χ1v) is 5.39. The Balaban J connectivity index is 2.04. The molecule has 9 heteroatoms. The number of fused-ring (bicyclic) bond motifs is 1. The minimum absolute atomic E-state index is 0.281. The van der Waals surface area contributed by atoms with Gasteiger partial charge >= 0.3 is 5.82 Å². The minimum atomic E-state index is -0.733. The van der Waals surface area contributed by atoms with Gasteiger partial charge in [-0.15, -0.1) is 4.85 Å². The highest BCUT2D eigenvalue weighted by Crippen LogP contribution is 2.31. The van der Waals surface area contributed by atoms with E-state index in [1.165, 1.54) is 0 Å². The average Bonchev–Trinajstić information content (AvgIpc) is 2.80. The molecule has 9 nitrogen and oxygen atoms in total. The number of hydrogen-bond acceptors (Lipinski definition) is 6. The van der Waals surface area contributed by atoms with Gasteiger partial charge in [0.2, 0.25) is 6.20 Å². The molecule has 0 radical (unpaired) electrons. The third kappa shape index (κ3) is 1.90. The fourth-order valence-electron chi connectivity index (χ4n) is 1.73. The standard InChI is InChI=1S/C10H8N4O5/c15-12-6-10(14(16)17)11-13(12)7-1-2-8-9(5-7)19-4-3-18-8/h1-2,5-6H,3-4H2. The zero-order valence-electron chi connectivity index (χ0n) is 9.55. The topological polar surface area (TPSA) is 106 Å². The highest BCUT2D eigenvalue weighted by molar-refractivity contribution is 5.48. The quantitative estimate of drug-likeness (QED) is 0.331. The molecule has 1 aromatic heterocycles. The fraction of sp³-hybridized carbons (Fsp3) is 0.200. The first kappa shape index (κ1) is 11.3. The van der Waals surface area contributed by atoms with Crippen molar-refractivity contribution in [3.8, 4) is 17.2 Å². The molecule has 0 fully saturated rings. The van der Waals surface area contributed by atoms with Gasteiger partial charge < -0.3 is 24.8 Å². The van der Waals surface area contributed by atoms with Gasteiger partial charge in [-0.05, 0) is 21.9 Å². The molecule has 1 aliphatic heterocycles. The molecule has 98 valence electrons. The zero-order chi connectivity index (χ0) is 13.4. The van der Waals surface area contributed by atoms with Crippen LogP contribution in [0.2, 0.25) is 0 Å². The summed E-state index contributed by atoms with van der Waals surface area (Å²) in [6.07, 6.45) is 0.788. The molecule has 0 N–H and O–H groups in total. The average molecular weight is 264 g/mol. The molecule has 3 rings (SSSR count). The maximum Gasteiger partial charge on any atom is 0.434 e.